The first-order valence-electron chi connectivity index (χ1n) is 6.23. The summed E-state index contributed by atoms with van der Waals surface area (Å²) in [6.45, 7) is 0. The van der Waals surface area contributed by atoms with E-state index in [2.05, 4.69) is 10.2 Å². The maximum atomic E-state index is 9.53. The molecule has 2 N–H and O–H groups in total. The van der Waals surface area contributed by atoms with Gasteiger partial charge in [-0.15, -0.1) is 0 Å². The quantitative estimate of drug-likeness (QED) is 0.726. The van der Waals surface area contributed by atoms with Gasteiger partial charge in [-0.25, -0.2) is 0 Å². The molecule has 0 aliphatic rings. The Hall–Kier alpha value is -2.40. The summed E-state index contributed by atoms with van der Waals surface area (Å²) in [6, 6.07) is 17.0. The second-order valence-corrected chi connectivity index (χ2v) is 4.85. The van der Waals surface area contributed by atoms with E-state index in [1.165, 1.54) is 0 Å². The maximum Gasteiger partial charge on any atom is 0.199 e. The fraction of sp³-hybridized carbons (Fsp3) is 0.0667. The van der Waals surface area contributed by atoms with Crippen molar-refractivity contribution in [1.29, 1.82) is 0 Å². The molecular formula is C15H13N3OS. The average Bonchev–Trinajstić information content (AvgIpc) is 2.81. The summed E-state index contributed by atoms with van der Waals surface area (Å²) in [6.07, 6.45) is 0.594. The Labute approximate surface area is 121 Å². The third kappa shape index (κ3) is 2.48. The van der Waals surface area contributed by atoms with Crippen molar-refractivity contribution in [1.82, 2.24) is 14.8 Å². The van der Waals surface area contributed by atoms with Gasteiger partial charge in [-0.05, 0) is 42.0 Å². The van der Waals surface area contributed by atoms with Crippen LogP contribution in [0.2, 0.25) is 0 Å². The Balaban J connectivity index is 2.02. The second kappa shape index (κ2) is 5.30. The van der Waals surface area contributed by atoms with Gasteiger partial charge in [0, 0.05) is 12.1 Å². The minimum Gasteiger partial charge on any atom is -0.508 e. The molecule has 0 aliphatic carbocycles. The van der Waals surface area contributed by atoms with E-state index in [4.69, 9.17) is 12.2 Å². The Morgan fingerprint density at radius 1 is 1.10 bits per heavy atom. The van der Waals surface area contributed by atoms with Crippen molar-refractivity contribution in [3.05, 3.63) is 70.8 Å². The number of hydrogen-bond acceptors (Lipinski definition) is 3. The molecule has 0 unspecified atom stereocenters. The normalized spacial score (nSPS) is 10.6. The molecule has 0 bridgehead atoms. The van der Waals surface area contributed by atoms with E-state index >= 15 is 0 Å². The molecule has 0 saturated heterocycles. The van der Waals surface area contributed by atoms with E-state index in [0.717, 1.165) is 17.1 Å². The number of para-hydroxylation sites is 1. The van der Waals surface area contributed by atoms with Crippen molar-refractivity contribution in [2.24, 2.45) is 0 Å². The summed E-state index contributed by atoms with van der Waals surface area (Å²) in [5.41, 5.74) is 1.96. The smallest absolute Gasteiger partial charge is 0.199 e. The van der Waals surface area contributed by atoms with Gasteiger partial charge in [0.05, 0.1) is 0 Å². The molecular weight excluding hydrogens is 270 g/mol. The predicted octanol–water partition coefficient (Wildman–Crippen LogP) is 3.23. The van der Waals surface area contributed by atoms with Crippen molar-refractivity contribution in [2.45, 2.75) is 6.42 Å². The van der Waals surface area contributed by atoms with Gasteiger partial charge in [-0.2, -0.15) is 5.10 Å². The third-order valence-electron chi connectivity index (χ3n) is 3.03. The third-order valence-corrected chi connectivity index (χ3v) is 3.30. The molecule has 0 spiro atoms. The van der Waals surface area contributed by atoms with Crippen LogP contribution in [0.15, 0.2) is 54.6 Å². The first-order valence-corrected chi connectivity index (χ1v) is 6.64. The summed E-state index contributed by atoms with van der Waals surface area (Å²) >= 11 is 5.29. The van der Waals surface area contributed by atoms with Crippen molar-refractivity contribution in [3.8, 4) is 11.4 Å². The van der Waals surface area contributed by atoms with Gasteiger partial charge in [-0.3, -0.25) is 9.67 Å². The van der Waals surface area contributed by atoms with Crippen LogP contribution in [0.25, 0.3) is 5.69 Å². The van der Waals surface area contributed by atoms with Crippen LogP contribution in [0.1, 0.15) is 11.4 Å². The Morgan fingerprint density at radius 3 is 2.65 bits per heavy atom. The largest absolute Gasteiger partial charge is 0.508 e. The number of aromatic hydroxyl groups is 1. The molecule has 100 valence electrons. The highest BCUT2D eigenvalue weighted by Gasteiger charge is 2.09. The summed E-state index contributed by atoms with van der Waals surface area (Å²) in [4.78, 5) is 0. The summed E-state index contributed by atoms with van der Waals surface area (Å²) < 4.78 is 2.46. The summed E-state index contributed by atoms with van der Waals surface area (Å²) in [7, 11) is 0. The second-order valence-electron chi connectivity index (χ2n) is 4.46. The Morgan fingerprint density at radius 2 is 1.90 bits per heavy atom. The lowest BCUT2D eigenvalue weighted by atomic mass is 10.1. The fourth-order valence-corrected chi connectivity index (χ4v) is 2.40. The topological polar surface area (TPSA) is 53.8 Å². The van der Waals surface area contributed by atoms with E-state index in [0.29, 0.717) is 11.2 Å². The molecule has 4 nitrogen and oxygen atoms in total. The number of aromatic amines is 1. The average molecular weight is 283 g/mol. The van der Waals surface area contributed by atoms with E-state index in [-0.39, 0.29) is 5.75 Å². The molecule has 0 atom stereocenters. The first-order chi connectivity index (χ1) is 9.74. The van der Waals surface area contributed by atoms with Crippen molar-refractivity contribution in [3.63, 3.8) is 0 Å². The number of phenols is 1. The lowest BCUT2D eigenvalue weighted by molar-refractivity contribution is 0.474. The SMILES string of the molecule is Oc1cccc(Cc2n[nH]c(=S)n2-c2ccccc2)c1. The minimum absolute atomic E-state index is 0.253. The zero-order valence-electron chi connectivity index (χ0n) is 10.7. The van der Waals surface area contributed by atoms with E-state index in [1.807, 2.05) is 47.0 Å². The van der Waals surface area contributed by atoms with Crippen LogP contribution in [-0.4, -0.2) is 19.9 Å². The van der Waals surface area contributed by atoms with Gasteiger partial charge in [0.1, 0.15) is 11.6 Å². The fourth-order valence-electron chi connectivity index (χ4n) is 2.14. The standard InChI is InChI=1S/C15H13N3OS/c19-13-8-4-5-11(9-13)10-14-16-17-15(20)18(14)12-6-2-1-3-7-12/h1-9,19H,10H2,(H,17,20). The molecule has 1 heterocycles. The van der Waals surface area contributed by atoms with E-state index < -0.39 is 0 Å². The van der Waals surface area contributed by atoms with Gasteiger partial charge < -0.3 is 5.11 Å². The molecule has 20 heavy (non-hydrogen) atoms. The Bertz CT molecular complexity index is 777. The highest BCUT2D eigenvalue weighted by atomic mass is 32.1. The number of hydrogen-bond donors (Lipinski definition) is 2. The van der Waals surface area contributed by atoms with Crippen LogP contribution in [0.3, 0.4) is 0 Å². The zero-order valence-corrected chi connectivity index (χ0v) is 11.5. The Kier molecular flexibility index (Phi) is 3.35. The van der Waals surface area contributed by atoms with Crippen LogP contribution in [0.4, 0.5) is 0 Å². The highest BCUT2D eigenvalue weighted by molar-refractivity contribution is 7.71. The molecule has 2 aromatic carbocycles. The van der Waals surface area contributed by atoms with Gasteiger partial charge in [0.2, 0.25) is 0 Å². The van der Waals surface area contributed by atoms with Gasteiger partial charge in [0.15, 0.2) is 4.77 Å². The van der Waals surface area contributed by atoms with E-state index in [1.54, 1.807) is 12.1 Å². The monoisotopic (exact) mass is 283 g/mol. The number of benzene rings is 2. The van der Waals surface area contributed by atoms with Crippen molar-refractivity contribution >= 4 is 12.2 Å². The van der Waals surface area contributed by atoms with Crippen LogP contribution in [0, 0.1) is 4.77 Å². The molecule has 0 aliphatic heterocycles. The van der Waals surface area contributed by atoms with E-state index in [9.17, 15) is 5.11 Å². The molecule has 5 heteroatoms. The molecule has 0 amide bonds. The van der Waals surface area contributed by atoms with Crippen LogP contribution in [0.5, 0.6) is 5.75 Å². The molecule has 0 saturated carbocycles. The van der Waals surface area contributed by atoms with Crippen LogP contribution < -0.4 is 0 Å². The number of nitrogens with one attached hydrogen (secondary N) is 1. The van der Waals surface area contributed by atoms with Crippen molar-refractivity contribution in [2.75, 3.05) is 0 Å². The predicted molar refractivity (Wildman–Crippen MR) is 79.7 cm³/mol. The number of phenolic OH excluding ortho intramolecular Hbond substituents is 1. The lowest BCUT2D eigenvalue weighted by Gasteiger charge is -2.07. The summed E-state index contributed by atoms with van der Waals surface area (Å²) in [5, 5.41) is 16.6. The summed E-state index contributed by atoms with van der Waals surface area (Å²) in [5.74, 6) is 1.06. The minimum atomic E-state index is 0.253. The molecule has 0 fully saturated rings. The van der Waals surface area contributed by atoms with Crippen LogP contribution >= 0.6 is 12.2 Å². The highest BCUT2D eigenvalue weighted by Crippen LogP contribution is 2.17. The molecule has 1 aromatic heterocycles. The lowest BCUT2D eigenvalue weighted by Crippen LogP contribution is -2.02. The molecule has 3 aromatic rings. The van der Waals surface area contributed by atoms with Gasteiger partial charge >= 0.3 is 0 Å². The number of nitrogens with zero attached hydrogens (tertiary/aromatic N) is 2. The van der Waals surface area contributed by atoms with Crippen molar-refractivity contribution < 1.29 is 5.11 Å². The maximum absolute atomic E-state index is 9.53. The van der Waals surface area contributed by atoms with Gasteiger partial charge in [0.25, 0.3) is 0 Å². The number of rotatable bonds is 3. The number of H-pyrrole nitrogens is 1. The van der Waals surface area contributed by atoms with Crippen LogP contribution in [-0.2, 0) is 6.42 Å². The number of aromatic nitrogens is 3. The first kappa shape index (κ1) is 12.6. The van der Waals surface area contributed by atoms with Gasteiger partial charge in [-0.1, -0.05) is 30.3 Å². The zero-order chi connectivity index (χ0) is 13.9. The molecule has 0 radical (unpaired) electrons. The molecule has 3 rings (SSSR count).